The van der Waals surface area contributed by atoms with E-state index in [4.69, 9.17) is 19.9 Å². The summed E-state index contributed by atoms with van der Waals surface area (Å²) in [4.78, 5) is 20.0. The highest BCUT2D eigenvalue weighted by molar-refractivity contribution is 6.26. The van der Waals surface area contributed by atoms with Crippen LogP contribution < -0.4 is 0 Å². The molecule has 58 heavy (non-hydrogen) atoms. The van der Waals surface area contributed by atoms with Crippen molar-refractivity contribution in [2.75, 3.05) is 0 Å². The average Bonchev–Trinajstić information content (AvgIpc) is 3.86. The van der Waals surface area contributed by atoms with Gasteiger partial charge >= 0.3 is 0 Å². The third-order valence-electron chi connectivity index (χ3n) is 11.3. The summed E-state index contributed by atoms with van der Waals surface area (Å²) in [5.74, 6) is 1.93. The lowest BCUT2D eigenvalue weighted by molar-refractivity contribution is 1.07. The number of nitrogens with zero attached hydrogens (tertiary/aromatic N) is 6. The molecule has 0 aliphatic rings. The number of hydrogen-bond donors (Lipinski definition) is 0. The largest absolute Gasteiger partial charge is 0.309 e. The maximum Gasteiger partial charge on any atom is 0.164 e. The van der Waals surface area contributed by atoms with Crippen LogP contribution in [0.5, 0.6) is 0 Å². The third kappa shape index (κ3) is 4.98. The Bertz CT molecular complexity index is 3490. The van der Waals surface area contributed by atoms with Crippen molar-refractivity contribution in [2.24, 2.45) is 0 Å². The zero-order valence-corrected chi connectivity index (χ0v) is 31.2. The van der Waals surface area contributed by atoms with Gasteiger partial charge in [-0.2, -0.15) is 0 Å². The summed E-state index contributed by atoms with van der Waals surface area (Å²) in [5.41, 5.74) is 12.7. The van der Waals surface area contributed by atoms with E-state index < -0.39 is 0 Å². The van der Waals surface area contributed by atoms with Gasteiger partial charge in [0.1, 0.15) is 5.65 Å². The maximum atomic E-state index is 5.19. The van der Waals surface area contributed by atoms with Crippen molar-refractivity contribution in [1.29, 1.82) is 0 Å². The van der Waals surface area contributed by atoms with Crippen LogP contribution in [-0.2, 0) is 0 Å². The number of aromatic nitrogens is 6. The van der Waals surface area contributed by atoms with Gasteiger partial charge < -0.3 is 4.57 Å². The van der Waals surface area contributed by atoms with Crippen LogP contribution in [0.25, 0.3) is 111 Å². The van der Waals surface area contributed by atoms with Crippen LogP contribution in [0.2, 0.25) is 0 Å². The smallest absolute Gasteiger partial charge is 0.164 e. The first-order valence-corrected chi connectivity index (χ1v) is 19.5. The fourth-order valence-electron chi connectivity index (χ4n) is 8.69. The molecule has 0 atom stereocenters. The van der Waals surface area contributed by atoms with E-state index in [2.05, 4.69) is 142 Å². The molecule has 0 fully saturated rings. The number of benzene rings is 8. The van der Waals surface area contributed by atoms with Crippen molar-refractivity contribution in [3.63, 3.8) is 0 Å². The topological polar surface area (TPSA) is 60.9 Å². The molecule has 4 heterocycles. The van der Waals surface area contributed by atoms with Crippen molar-refractivity contribution in [1.82, 2.24) is 28.9 Å². The Kier molecular flexibility index (Phi) is 7.13. The quantitative estimate of drug-likeness (QED) is 0.165. The Morgan fingerprint density at radius 2 is 0.897 bits per heavy atom. The minimum atomic E-state index is 0.635. The Balaban J connectivity index is 1.01. The van der Waals surface area contributed by atoms with Crippen molar-refractivity contribution in [3.8, 4) is 51.0 Å². The number of imidazole rings is 1. The van der Waals surface area contributed by atoms with Gasteiger partial charge in [-0.15, -0.1) is 0 Å². The van der Waals surface area contributed by atoms with Crippen molar-refractivity contribution in [3.05, 3.63) is 194 Å². The second kappa shape index (κ2) is 12.8. The molecule has 0 saturated carbocycles. The van der Waals surface area contributed by atoms with Crippen LogP contribution in [0.15, 0.2) is 194 Å². The SMILES string of the molecule is c1ccc(-c2nc(-c3ccccc3)nc(-c3cccc(-c4ccc(-n5c6ccccc6c6c5ccc5c7ccccc7c7nc8ccccc8n7c56)cc4)c3)n2)cc1. The number of fused-ring (bicyclic) bond motifs is 12. The summed E-state index contributed by atoms with van der Waals surface area (Å²) in [5, 5.41) is 5.98. The first-order valence-electron chi connectivity index (χ1n) is 19.5. The highest BCUT2D eigenvalue weighted by atomic mass is 15.0. The fourth-order valence-corrected chi connectivity index (χ4v) is 8.69. The van der Waals surface area contributed by atoms with Gasteiger partial charge in [0, 0.05) is 43.9 Å². The summed E-state index contributed by atoms with van der Waals surface area (Å²) >= 11 is 0. The molecule has 0 saturated heterocycles. The normalized spacial score (nSPS) is 11.8. The van der Waals surface area contributed by atoms with Gasteiger partial charge in [-0.1, -0.05) is 152 Å². The zero-order valence-electron chi connectivity index (χ0n) is 31.2. The predicted octanol–water partition coefficient (Wildman–Crippen LogP) is 12.7. The van der Waals surface area contributed by atoms with E-state index >= 15 is 0 Å². The summed E-state index contributed by atoms with van der Waals surface area (Å²) in [6.45, 7) is 0. The Morgan fingerprint density at radius 1 is 0.328 bits per heavy atom. The molecule has 12 aromatic rings. The number of rotatable bonds is 5. The van der Waals surface area contributed by atoms with Crippen LogP contribution in [0.4, 0.5) is 0 Å². The Labute approximate surface area is 333 Å². The molecule has 270 valence electrons. The average molecular weight is 741 g/mol. The molecular weight excluding hydrogens is 709 g/mol. The molecule has 0 spiro atoms. The lowest BCUT2D eigenvalue weighted by Gasteiger charge is -2.12. The van der Waals surface area contributed by atoms with E-state index in [1.807, 2.05) is 60.7 Å². The Morgan fingerprint density at radius 3 is 1.62 bits per heavy atom. The van der Waals surface area contributed by atoms with E-state index in [0.29, 0.717) is 17.5 Å². The first-order chi connectivity index (χ1) is 28.8. The fraction of sp³-hybridized carbons (Fsp3) is 0. The molecule has 6 nitrogen and oxygen atoms in total. The van der Waals surface area contributed by atoms with Gasteiger partial charge in [0.2, 0.25) is 0 Å². The first kappa shape index (κ1) is 32.3. The van der Waals surface area contributed by atoms with Gasteiger partial charge in [-0.05, 0) is 59.0 Å². The second-order valence-corrected chi connectivity index (χ2v) is 14.7. The lowest BCUT2D eigenvalue weighted by Crippen LogP contribution is -2.00. The molecule has 12 rings (SSSR count). The van der Waals surface area contributed by atoms with Crippen molar-refractivity contribution < 1.29 is 0 Å². The molecular formula is C52H32N6. The van der Waals surface area contributed by atoms with Crippen LogP contribution in [0.3, 0.4) is 0 Å². The number of para-hydroxylation sites is 3. The van der Waals surface area contributed by atoms with E-state index in [-0.39, 0.29) is 0 Å². The Hall–Kier alpha value is -7.96. The molecule has 4 aromatic heterocycles. The lowest BCUT2D eigenvalue weighted by atomic mass is 10.0. The predicted molar refractivity (Wildman–Crippen MR) is 237 cm³/mol. The highest BCUT2D eigenvalue weighted by Crippen LogP contribution is 2.41. The summed E-state index contributed by atoms with van der Waals surface area (Å²) in [6.07, 6.45) is 0. The summed E-state index contributed by atoms with van der Waals surface area (Å²) < 4.78 is 4.77. The van der Waals surface area contributed by atoms with Gasteiger partial charge in [0.25, 0.3) is 0 Å². The molecule has 6 heteroatoms. The minimum Gasteiger partial charge on any atom is -0.309 e. The molecule has 0 radical (unpaired) electrons. The zero-order chi connectivity index (χ0) is 38.2. The van der Waals surface area contributed by atoms with Crippen molar-refractivity contribution >= 4 is 60.2 Å². The molecule has 0 amide bonds. The molecule has 0 bridgehead atoms. The van der Waals surface area contributed by atoms with Crippen LogP contribution in [-0.4, -0.2) is 28.9 Å². The second-order valence-electron chi connectivity index (χ2n) is 14.7. The van der Waals surface area contributed by atoms with Gasteiger partial charge in [0.15, 0.2) is 17.5 Å². The van der Waals surface area contributed by atoms with Crippen molar-refractivity contribution in [2.45, 2.75) is 0 Å². The molecule has 8 aromatic carbocycles. The standard InChI is InChI=1S/C52H32N6/c1-3-14-34(15-4-1)49-54-50(35-16-5-2-6-17-35)56-51(55-49)37-19-13-18-36(32-37)33-26-28-38(29-27-33)57-44-24-11-9-22-42(44)47-46(57)31-30-40-39-20-7-8-21-41(39)52-53-43-23-10-12-25-45(43)58(52)48(40)47/h1-32H. The van der Waals surface area contributed by atoms with E-state index in [9.17, 15) is 0 Å². The summed E-state index contributed by atoms with van der Waals surface area (Å²) in [7, 11) is 0. The number of hydrogen-bond acceptors (Lipinski definition) is 4. The van der Waals surface area contributed by atoms with Crippen LogP contribution in [0, 0.1) is 0 Å². The molecule has 0 aliphatic carbocycles. The van der Waals surface area contributed by atoms with Gasteiger partial charge in [0.05, 0.1) is 27.6 Å². The maximum absolute atomic E-state index is 5.19. The monoisotopic (exact) mass is 740 g/mol. The molecule has 0 aliphatic heterocycles. The third-order valence-corrected chi connectivity index (χ3v) is 11.3. The van der Waals surface area contributed by atoms with Gasteiger partial charge in [-0.3, -0.25) is 4.40 Å². The minimum absolute atomic E-state index is 0.635. The van der Waals surface area contributed by atoms with E-state index in [1.54, 1.807) is 0 Å². The van der Waals surface area contributed by atoms with Crippen LogP contribution >= 0.6 is 0 Å². The molecule has 0 N–H and O–H groups in total. The van der Waals surface area contributed by atoms with E-state index in [1.165, 1.54) is 27.1 Å². The highest BCUT2D eigenvalue weighted by Gasteiger charge is 2.21. The van der Waals surface area contributed by atoms with E-state index in [0.717, 1.165) is 66.6 Å². The summed E-state index contributed by atoms with van der Waals surface area (Å²) in [6, 6.07) is 68.0. The van der Waals surface area contributed by atoms with Crippen LogP contribution in [0.1, 0.15) is 0 Å². The van der Waals surface area contributed by atoms with Gasteiger partial charge in [-0.25, -0.2) is 19.9 Å². The molecule has 0 unspecified atom stereocenters. The number of pyridine rings is 1.